The van der Waals surface area contributed by atoms with Crippen molar-refractivity contribution in [2.75, 3.05) is 6.54 Å². The van der Waals surface area contributed by atoms with Crippen molar-refractivity contribution in [2.45, 2.75) is 44.6 Å². The van der Waals surface area contributed by atoms with Crippen molar-refractivity contribution in [1.29, 1.82) is 5.26 Å². The summed E-state index contributed by atoms with van der Waals surface area (Å²) in [5, 5.41) is 27.6. The van der Waals surface area contributed by atoms with Crippen molar-refractivity contribution in [2.24, 2.45) is 0 Å². The average Bonchev–Trinajstić information content (AvgIpc) is 2.40. The minimum atomic E-state index is -1.24. The van der Waals surface area contributed by atoms with Gasteiger partial charge in [0.1, 0.15) is 17.8 Å². The molecule has 90 valence electrons. The predicted molar refractivity (Wildman–Crippen MR) is 54.4 cm³/mol. The van der Waals surface area contributed by atoms with Crippen LogP contribution >= 0.6 is 0 Å². The van der Waals surface area contributed by atoms with Gasteiger partial charge in [-0.3, -0.25) is 4.90 Å². The van der Waals surface area contributed by atoms with Crippen LogP contribution in [-0.4, -0.2) is 51.6 Å². The Kier molecular flexibility index (Phi) is 3.41. The van der Waals surface area contributed by atoms with Crippen LogP contribution in [0.25, 0.3) is 0 Å². The summed E-state index contributed by atoms with van der Waals surface area (Å²) in [6.07, 6.45) is -3.04. The molecule has 1 fully saturated rings. The molecule has 1 heterocycles. The number of ether oxygens (including phenoxy) is 1. The topological polar surface area (TPSA) is 93.8 Å². The second kappa shape index (κ2) is 4.28. The molecule has 0 unspecified atom stereocenters. The first-order valence-electron chi connectivity index (χ1n) is 5.01. The maximum atomic E-state index is 11.7. The Morgan fingerprint density at radius 3 is 2.50 bits per heavy atom. The molecular formula is C10H16N2O4. The fourth-order valence-electron chi connectivity index (χ4n) is 1.47. The standard InChI is InChI=1S/C10H16N2O4/c1-10(2,3)16-9(15)12-5-7(13)8(14)6(12)4-11/h6-8,13-14H,5H2,1-3H3/t6-,7+,8+/m1/s1. The maximum Gasteiger partial charge on any atom is 0.411 e. The lowest BCUT2D eigenvalue weighted by Crippen LogP contribution is -2.41. The Hall–Kier alpha value is -1.32. The lowest BCUT2D eigenvalue weighted by Gasteiger charge is -2.25. The van der Waals surface area contributed by atoms with E-state index in [1.165, 1.54) is 0 Å². The first kappa shape index (κ1) is 12.7. The number of likely N-dealkylation sites (tertiary alicyclic amines) is 1. The second-order valence-corrected chi connectivity index (χ2v) is 4.76. The molecule has 0 aromatic carbocycles. The highest BCUT2D eigenvalue weighted by atomic mass is 16.6. The van der Waals surface area contributed by atoms with Gasteiger partial charge in [-0.2, -0.15) is 5.26 Å². The number of β-amino-alcohol motifs (C(OH)–C–C–N with tert-alkyl or cyclic N) is 1. The Morgan fingerprint density at radius 1 is 1.50 bits per heavy atom. The number of nitrogens with zero attached hydrogens (tertiary/aromatic N) is 2. The van der Waals surface area contributed by atoms with Gasteiger partial charge in [0.05, 0.1) is 12.6 Å². The monoisotopic (exact) mass is 228 g/mol. The van der Waals surface area contributed by atoms with Crippen LogP contribution in [0.4, 0.5) is 4.79 Å². The molecule has 0 bridgehead atoms. The highest BCUT2D eigenvalue weighted by Crippen LogP contribution is 2.21. The quantitative estimate of drug-likeness (QED) is 0.601. The minimum Gasteiger partial charge on any atom is -0.444 e. The lowest BCUT2D eigenvalue weighted by molar-refractivity contribution is 0.0212. The van der Waals surface area contributed by atoms with Crippen LogP contribution in [0.5, 0.6) is 0 Å². The molecule has 6 heteroatoms. The predicted octanol–water partition coefficient (Wildman–Crippen LogP) is -0.149. The van der Waals surface area contributed by atoms with Crippen LogP contribution < -0.4 is 0 Å². The van der Waals surface area contributed by atoms with Crippen molar-refractivity contribution in [1.82, 2.24) is 4.90 Å². The van der Waals surface area contributed by atoms with E-state index in [1.807, 2.05) is 0 Å². The van der Waals surface area contributed by atoms with Gasteiger partial charge < -0.3 is 14.9 Å². The average molecular weight is 228 g/mol. The molecule has 1 amide bonds. The van der Waals surface area contributed by atoms with E-state index < -0.39 is 29.9 Å². The van der Waals surface area contributed by atoms with Gasteiger partial charge in [-0.05, 0) is 20.8 Å². The molecule has 2 N–H and O–H groups in total. The van der Waals surface area contributed by atoms with Crippen molar-refractivity contribution in [3.05, 3.63) is 0 Å². The molecule has 16 heavy (non-hydrogen) atoms. The zero-order valence-corrected chi connectivity index (χ0v) is 9.54. The van der Waals surface area contributed by atoms with E-state index in [4.69, 9.17) is 10.00 Å². The molecule has 0 aromatic rings. The van der Waals surface area contributed by atoms with Crippen LogP contribution in [0, 0.1) is 11.3 Å². The number of rotatable bonds is 0. The molecule has 1 aliphatic rings. The molecule has 6 nitrogen and oxygen atoms in total. The zero-order chi connectivity index (χ0) is 12.5. The van der Waals surface area contributed by atoms with Gasteiger partial charge in [-0.15, -0.1) is 0 Å². The number of amides is 1. The van der Waals surface area contributed by atoms with Crippen LogP contribution in [0.15, 0.2) is 0 Å². The number of carbonyl (C=O) groups is 1. The molecule has 0 aliphatic carbocycles. The summed E-state index contributed by atoms with van der Waals surface area (Å²) in [5.74, 6) is 0. The highest BCUT2D eigenvalue weighted by Gasteiger charge is 2.44. The number of aliphatic hydroxyl groups excluding tert-OH is 2. The molecule has 0 saturated carbocycles. The van der Waals surface area contributed by atoms with Gasteiger partial charge in [0.25, 0.3) is 0 Å². The molecule has 3 atom stereocenters. The summed E-state index contributed by atoms with van der Waals surface area (Å²) in [4.78, 5) is 12.7. The van der Waals surface area contributed by atoms with Gasteiger partial charge in [-0.25, -0.2) is 4.79 Å². The number of hydrogen-bond donors (Lipinski definition) is 2. The van der Waals surface area contributed by atoms with E-state index in [0.29, 0.717) is 0 Å². The summed E-state index contributed by atoms with van der Waals surface area (Å²) in [7, 11) is 0. The van der Waals surface area contributed by atoms with Crippen molar-refractivity contribution in [3.63, 3.8) is 0 Å². The SMILES string of the molecule is CC(C)(C)OC(=O)N1C[C@H](O)[C@@H](O)[C@H]1C#N. The first-order chi connectivity index (χ1) is 7.26. The van der Waals surface area contributed by atoms with Gasteiger partial charge >= 0.3 is 6.09 Å². The van der Waals surface area contributed by atoms with Crippen molar-refractivity contribution in [3.8, 4) is 6.07 Å². The molecular weight excluding hydrogens is 212 g/mol. The van der Waals surface area contributed by atoms with E-state index in [2.05, 4.69) is 0 Å². The summed E-state index contributed by atoms with van der Waals surface area (Å²) >= 11 is 0. The van der Waals surface area contributed by atoms with E-state index >= 15 is 0 Å². The summed E-state index contributed by atoms with van der Waals surface area (Å²) < 4.78 is 5.06. The van der Waals surface area contributed by atoms with E-state index in [0.717, 1.165) is 4.90 Å². The Balaban J connectivity index is 2.74. The van der Waals surface area contributed by atoms with Crippen LogP contribution in [0.1, 0.15) is 20.8 Å². The molecule has 0 aromatic heterocycles. The molecule has 0 radical (unpaired) electrons. The van der Waals surface area contributed by atoms with Crippen LogP contribution in [0.3, 0.4) is 0 Å². The molecule has 1 saturated heterocycles. The Bertz CT molecular complexity index is 318. The zero-order valence-electron chi connectivity index (χ0n) is 9.54. The Labute approximate surface area is 94.0 Å². The number of hydrogen-bond acceptors (Lipinski definition) is 5. The summed E-state index contributed by atoms with van der Waals surface area (Å²) in [6, 6.07) is 0.725. The molecule has 1 aliphatic heterocycles. The number of aliphatic hydroxyl groups is 2. The lowest BCUT2D eigenvalue weighted by atomic mass is 10.1. The van der Waals surface area contributed by atoms with Gasteiger partial charge in [-0.1, -0.05) is 0 Å². The highest BCUT2D eigenvalue weighted by molar-refractivity contribution is 5.69. The third-order valence-electron chi connectivity index (χ3n) is 2.20. The molecule has 1 rings (SSSR count). The normalized spacial score (nSPS) is 30.0. The van der Waals surface area contributed by atoms with Gasteiger partial charge in [0, 0.05) is 0 Å². The van der Waals surface area contributed by atoms with E-state index in [9.17, 15) is 15.0 Å². The van der Waals surface area contributed by atoms with Crippen LogP contribution in [0.2, 0.25) is 0 Å². The smallest absolute Gasteiger partial charge is 0.411 e. The maximum absolute atomic E-state index is 11.7. The van der Waals surface area contributed by atoms with Crippen LogP contribution in [-0.2, 0) is 4.74 Å². The first-order valence-corrected chi connectivity index (χ1v) is 5.01. The van der Waals surface area contributed by atoms with Gasteiger partial charge in [0.15, 0.2) is 6.04 Å². The fraction of sp³-hybridized carbons (Fsp3) is 0.800. The summed E-state index contributed by atoms with van der Waals surface area (Å²) in [5.41, 5.74) is -0.671. The van der Waals surface area contributed by atoms with Gasteiger partial charge in [0.2, 0.25) is 0 Å². The third-order valence-corrected chi connectivity index (χ3v) is 2.20. The van der Waals surface area contributed by atoms with E-state index in [-0.39, 0.29) is 6.54 Å². The third kappa shape index (κ3) is 2.62. The second-order valence-electron chi connectivity index (χ2n) is 4.76. The summed E-state index contributed by atoms with van der Waals surface area (Å²) in [6.45, 7) is 5.02. The minimum absolute atomic E-state index is 0.0890. The fourth-order valence-corrected chi connectivity index (χ4v) is 1.47. The number of nitriles is 1. The largest absolute Gasteiger partial charge is 0.444 e. The van der Waals surface area contributed by atoms with Crippen molar-refractivity contribution >= 4 is 6.09 Å². The van der Waals surface area contributed by atoms with E-state index in [1.54, 1.807) is 26.8 Å². The van der Waals surface area contributed by atoms with Crippen molar-refractivity contribution < 1.29 is 19.7 Å². The number of carbonyl (C=O) groups excluding carboxylic acids is 1. The molecule has 0 spiro atoms. The Morgan fingerprint density at radius 2 is 2.06 bits per heavy atom.